The fourth-order valence-corrected chi connectivity index (χ4v) is 1.89. The molecule has 0 aliphatic rings. The van der Waals surface area contributed by atoms with Gasteiger partial charge in [-0.25, -0.2) is 0 Å². The highest BCUT2D eigenvalue weighted by molar-refractivity contribution is 7.13. The lowest BCUT2D eigenvalue weighted by Crippen LogP contribution is -1.91. The van der Waals surface area contributed by atoms with E-state index in [2.05, 4.69) is 14.6 Å². The summed E-state index contributed by atoms with van der Waals surface area (Å²) in [5.41, 5.74) is 4.23. The van der Waals surface area contributed by atoms with Crippen LogP contribution in [0.5, 0.6) is 0 Å². The number of hydrogen-bond donors (Lipinski definition) is 0. The minimum atomic E-state index is 1.00. The van der Waals surface area contributed by atoms with E-state index in [1.54, 1.807) is 0 Å². The van der Waals surface area contributed by atoms with Crippen LogP contribution in [0, 0.1) is 20.8 Å². The first-order chi connectivity index (χ1) is 5.70. The van der Waals surface area contributed by atoms with Gasteiger partial charge in [0.2, 0.25) is 0 Å². The first-order valence-corrected chi connectivity index (χ1v) is 4.53. The summed E-state index contributed by atoms with van der Waals surface area (Å²) < 4.78 is 5.03. The number of nitrogens with zero attached hydrogens (tertiary/aromatic N) is 3. The summed E-state index contributed by atoms with van der Waals surface area (Å²) in [5, 5.41) is 4.07. The average molecular weight is 179 g/mol. The van der Waals surface area contributed by atoms with Gasteiger partial charge < -0.3 is 0 Å². The third-order valence-corrected chi connectivity index (χ3v) is 2.88. The SMILES string of the molecule is Cc1nc(C)c2snnc2c1C. The zero-order valence-electron chi connectivity index (χ0n) is 7.25. The van der Waals surface area contributed by atoms with Gasteiger partial charge in [0, 0.05) is 5.69 Å². The van der Waals surface area contributed by atoms with Crippen molar-refractivity contribution < 1.29 is 0 Å². The van der Waals surface area contributed by atoms with Gasteiger partial charge in [0.05, 0.1) is 10.4 Å². The zero-order chi connectivity index (χ0) is 8.72. The van der Waals surface area contributed by atoms with E-state index in [-0.39, 0.29) is 0 Å². The number of pyridine rings is 1. The van der Waals surface area contributed by atoms with E-state index in [4.69, 9.17) is 0 Å². The number of fused-ring (bicyclic) bond motifs is 1. The molecule has 62 valence electrons. The molecule has 0 aliphatic carbocycles. The van der Waals surface area contributed by atoms with E-state index in [1.165, 1.54) is 11.5 Å². The molecule has 0 bridgehead atoms. The fraction of sp³-hybridized carbons (Fsp3) is 0.375. The highest BCUT2D eigenvalue weighted by Crippen LogP contribution is 2.22. The molecule has 3 nitrogen and oxygen atoms in total. The molecule has 0 amide bonds. The second-order valence-electron chi connectivity index (χ2n) is 2.86. The van der Waals surface area contributed by atoms with Crippen LogP contribution in [-0.2, 0) is 0 Å². The molecule has 2 aromatic rings. The lowest BCUT2D eigenvalue weighted by atomic mass is 10.2. The van der Waals surface area contributed by atoms with Crippen LogP contribution in [0.4, 0.5) is 0 Å². The van der Waals surface area contributed by atoms with Gasteiger partial charge in [-0.1, -0.05) is 4.49 Å². The van der Waals surface area contributed by atoms with Crippen LogP contribution in [0.1, 0.15) is 17.0 Å². The predicted molar refractivity (Wildman–Crippen MR) is 49.4 cm³/mol. The van der Waals surface area contributed by atoms with E-state index in [1.807, 2.05) is 20.8 Å². The predicted octanol–water partition coefficient (Wildman–Crippen LogP) is 2.01. The molecule has 2 rings (SSSR count). The first kappa shape index (κ1) is 7.61. The second-order valence-corrected chi connectivity index (χ2v) is 3.61. The highest BCUT2D eigenvalue weighted by atomic mass is 32.1. The van der Waals surface area contributed by atoms with Crippen LogP contribution in [0.2, 0.25) is 0 Å². The summed E-state index contributed by atoms with van der Waals surface area (Å²) in [6.45, 7) is 6.03. The van der Waals surface area contributed by atoms with Crippen LogP contribution >= 0.6 is 11.5 Å². The maximum absolute atomic E-state index is 4.40. The third kappa shape index (κ3) is 0.914. The van der Waals surface area contributed by atoms with Gasteiger partial charge in [0.1, 0.15) is 5.52 Å². The number of hydrogen-bond acceptors (Lipinski definition) is 4. The van der Waals surface area contributed by atoms with E-state index in [0.29, 0.717) is 0 Å². The normalized spacial score (nSPS) is 10.9. The third-order valence-electron chi connectivity index (χ3n) is 2.05. The largest absolute Gasteiger partial charge is 0.257 e. The Hall–Kier alpha value is -1.03. The summed E-state index contributed by atoms with van der Waals surface area (Å²) in [4.78, 5) is 4.40. The minimum Gasteiger partial charge on any atom is -0.257 e. The van der Waals surface area contributed by atoms with Gasteiger partial charge in [-0.05, 0) is 37.9 Å². The van der Waals surface area contributed by atoms with Gasteiger partial charge >= 0.3 is 0 Å². The molecule has 0 atom stereocenters. The Morgan fingerprint density at radius 1 is 1.08 bits per heavy atom. The maximum atomic E-state index is 4.40. The monoisotopic (exact) mass is 179 g/mol. The molecule has 0 fully saturated rings. The fourth-order valence-electron chi connectivity index (χ4n) is 1.23. The van der Waals surface area contributed by atoms with Crippen molar-refractivity contribution in [2.75, 3.05) is 0 Å². The zero-order valence-corrected chi connectivity index (χ0v) is 8.07. The topological polar surface area (TPSA) is 38.7 Å². The average Bonchev–Trinajstić information content (AvgIpc) is 2.48. The molecule has 0 radical (unpaired) electrons. The number of aromatic nitrogens is 3. The van der Waals surface area contributed by atoms with Gasteiger partial charge in [-0.3, -0.25) is 4.98 Å². The van der Waals surface area contributed by atoms with Crippen LogP contribution in [0.15, 0.2) is 0 Å². The van der Waals surface area contributed by atoms with Crippen LogP contribution in [-0.4, -0.2) is 14.6 Å². The number of rotatable bonds is 0. The molecule has 0 aromatic carbocycles. The lowest BCUT2D eigenvalue weighted by Gasteiger charge is -2.00. The lowest BCUT2D eigenvalue weighted by molar-refractivity contribution is 1.10. The second kappa shape index (κ2) is 2.48. The Bertz CT molecular complexity index is 433. The first-order valence-electron chi connectivity index (χ1n) is 3.76. The van der Waals surface area contributed by atoms with Crippen molar-refractivity contribution in [3.8, 4) is 0 Å². The molecular formula is C8H9N3S. The summed E-state index contributed by atoms with van der Waals surface area (Å²) in [6, 6.07) is 0. The number of aryl methyl sites for hydroxylation is 3. The molecule has 0 aliphatic heterocycles. The van der Waals surface area contributed by atoms with Crippen molar-refractivity contribution in [2.24, 2.45) is 0 Å². The molecule has 0 unspecified atom stereocenters. The Morgan fingerprint density at radius 2 is 1.83 bits per heavy atom. The smallest absolute Gasteiger partial charge is 0.112 e. The molecule has 4 heteroatoms. The van der Waals surface area contributed by atoms with Gasteiger partial charge in [0.15, 0.2) is 0 Å². The molecule has 0 saturated carbocycles. The van der Waals surface area contributed by atoms with Gasteiger partial charge in [-0.2, -0.15) is 0 Å². The summed E-state index contributed by atoms with van der Waals surface area (Å²) in [7, 11) is 0. The van der Waals surface area contributed by atoms with Crippen molar-refractivity contribution in [3.05, 3.63) is 17.0 Å². The van der Waals surface area contributed by atoms with E-state index in [0.717, 1.165) is 27.2 Å². The van der Waals surface area contributed by atoms with Crippen molar-refractivity contribution in [1.29, 1.82) is 0 Å². The van der Waals surface area contributed by atoms with Crippen molar-refractivity contribution in [2.45, 2.75) is 20.8 Å². The van der Waals surface area contributed by atoms with Crippen LogP contribution in [0.25, 0.3) is 10.2 Å². The van der Waals surface area contributed by atoms with Crippen LogP contribution < -0.4 is 0 Å². The van der Waals surface area contributed by atoms with Gasteiger partial charge in [0.25, 0.3) is 0 Å². The molecule has 0 N–H and O–H groups in total. The van der Waals surface area contributed by atoms with E-state index < -0.39 is 0 Å². The summed E-state index contributed by atoms with van der Waals surface area (Å²) >= 11 is 1.41. The Labute approximate surface area is 74.6 Å². The molecule has 0 saturated heterocycles. The minimum absolute atomic E-state index is 1.00. The van der Waals surface area contributed by atoms with Crippen molar-refractivity contribution >= 4 is 21.7 Å². The maximum Gasteiger partial charge on any atom is 0.112 e. The molecule has 12 heavy (non-hydrogen) atoms. The Balaban J connectivity index is 2.97. The quantitative estimate of drug-likeness (QED) is 0.621. The van der Waals surface area contributed by atoms with Crippen LogP contribution in [0.3, 0.4) is 0 Å². The van der Waals surface area contributed by atoms with Crippen molar-refractivity contribution in [3.63, 3.8) is 0 Å². The van der Waals surface area contributed by atoms with Crippen molar-refractivity contribution in [1.82, 2.24) is 14.6 Å². The van der Waals surface area contributed by atoms with E-state index in [9.17, 15) is 0 Å². The summed E-state index contributed by atoms with van der Waals surface area (Å²) in [5.74, 6) is 0. The summed E-state index contributed by atoms with van der Waals surface area (Å²) in [6.07, 6.45) is 0. The molecule has 2 aromatic heterocycles. The molecule has 2 heterocycles. The standard InChI is InChI=1S/C8H9N3S/c1-4-5(2)9-6(3)8-7(4)10-11-12-8/h1-3H3. The van der Waals surface area contributed by atoms with Gasteiger partial charge in [-0.15, -0.1) is 5.10 Å². The molecular weight excluding hydrogens is 170 g/mol. The Kier molecular flexibility index (Phi) is 1.58. The highest BCUT2D eigenvalue weighted by Gasteiger charge is 2.08. The Morgan fingerprint density at radius 3 is 2.58 bits per heavy atom. The van der Waals surface area contributed by atoms with E-state index >= 15 is 0 Å². The molecule has 0 spiro atoms.